The lowest BCUT2D eigenvalue weighted by molar-refractivity contribution is -0.303. The number of carbonyl (C=O) groups excluding carboxylic acids is 3. The number of aromatic nitrogens is 2. The Balaban J connectivity index is 1.53. The lowest BCUT2D eigenvalue weighted by Crippen LogP contribution is -2.61. The number of carbonyl (C=O) groups is 4. The van der Waals surface area contributed by atoms with Crippen LogP contribution in [0.5, 0.6) is 0 Å². The van der Waals surface area contributed by atoms with Gasteiger partial charge >= 0.3 is 5.97 Å². The summed E-state index contributed by atoms with van der Waals surface area (Å²) in [4.78, 5) is 59.0. The SMILES string of the molecule is CC(=CC=C/C=C/C=C/C=CC(C)C(OC1OC(C(=O)O)C(O)C(O)C1O)C(C)=CC(C)CCCC=CC(C)CC=CCCCN(C)c1nc(C)cc(C)n1)C(=O)NC1C(=O)CCC1=O. The summed E-state index contributed by atoms with van der Waals surface area (Å²) in [6.07, 6.45) is 23.9. The zero-order chi connectivity index (χ0) is 48.1. The number of ketones is 2. The molecule has 1 aliphatic carbocycles. The van der Waals surface area contributed by atoms with Gasteiger partial charge in [-0.15, -0.1) is 0 Å². The number of carboxylic acids is 1. The highest BCUT2D eigenvalue weighted by atomic mass is 16.7. The number of hydrogen-bond donors (Lipinski definition) is 5. The van der Waals surface area contributed by atoms with Crippen molar-refractivity contribution in [3.8, 4) is 0 Å². The number of aliphatic carboxylic acids is 1. The molecule has 2 aliphatic rings. The van der Waals surface area contributed by atoms with Crippen LogP contribution in [0.4, 0.5) is 5.95 Å². The van der Waals surface area contributed by atoms with Crippen LogP contribution in [0.25, 0.3) is 0 Å². The Morgan fingerprint density at radius 1 is 0.846 bits per heavy atom. The number of unbranched alkanes of at least 4 members (excludes halogenated alkanes) is 2. The Bertz CT molecular complexity index is 1950. The van der Waals surface area contributed by atoms with Crippen LogP contribution < -0.4 is 10.2 Å². The van der Waals surface area contributed by atoms with Crippen LogP contribution in [0.3, 0.4) is 0 Å². The zero-order valence-electron chi connectivity index (χ0n) is 39.4. The summed E-state index contributed by atoms with van der Waals surface area (Å²) < 4.78 is 11.7. The maximum absolute atomic E-state index is 12.4. The molecule has 1 aromatic heterocycles. The Morgan fingerprint density at radius 2 is 1.46 bits per heavy atom. The van der Waals surface area contributed by atoms with Gasteiger partial charge in [-0.1, -0.05) is 106 Å². The van der Waals surface area contributed by atoms with E-state index in [1.54, 1.807) is 43.4 Å². The summed E-state index contributed by atoms with van der Waals surface area (Å²) >= 11 is 0. The first-order valence-corrected chi connectivity index (χ1v) is 22.7. The standard InChI is InChI=1S/C51H72N4O10/c1-33(23-17-14-15-22-30-55(8)51-52-38(6)32-39(7)53-51)24-18-16-19-25-34(2)31-37(5)46(64-50-45(60)43(58)44(59)47(65-50)49(62)63)35(3)26-20-12-10-9-11-13-21-27-36(4)48(61)54-42-40(56)28-29-41(42)57/h9-14,17-18,20-21,24,26-27,31-35,42-47,50,58-60H,15-16,19,22-23,25,28-30H2,1-8H3,(H,54,61)(H,62,63)/b11-9+,12-10+,17-14?,21-13?,24-18?,26-20?,36-27?,37-31?. The highest BCUT2D eigenvalue weighted by Gasteiger charge is 2.48. The molecule has 14 heteroatoms. The third-order valence-corrected chi connectivity index (χ3v) is 11.2. The number of aliphatic hydroxyl groups is 3. The highest BCUT2D eigenvalue weighted by molar-refractivity contribution is 6.15. The van der Waals surface area contributed by atoms with Crippen molar-refractivity contribution in [2.24, 2.45) is 17.8 Å². The predicted molar refractivity (Wildman–Crippen MR) is 253 cm³/mol. The molecule has 0 radical (unpaired) electrons. The van der Waals surface area contributed by atoms with Crippen molar-refractivity contribution in [1.82, 2.24) is 15.3 Å². The Kier molecular flexibility index (Phi) is 23.4. The molecule has 1 amide bonds. The van der Waals surface area contributed by atoms with E-state index in [9.17, 15) is 39.6 Å². The van der Waals surface area contributed by atoms with Crippen LogP contribution in [0, 0.1) is 31.6 Å². The van der Waals surface area contributed by atoms with Crippen LogP contribution in [0.1, 0.15) is 97.4 Å². The van der Waals surface area contributed by atoms with Gasteiger partial charge in [0.25, 0.3) is 0 Å². The molecule has 3 rings (SSSR count). The minimum atomic E-state index is -1.83. The van der Waals surface area contributed by atoms with E-state index < -0.39 is 54.7 Å². The fraction of sp³-hybridized carbons (Fsp3) is 0.529. The molecule has 1 saturated heterocycles. The second-order valence-electron chi connectivity index (χ2n) is 17.3. The van der Waals surface area contributed by atoms with Crippen molar-refractivity contribution < 1.29 is 49.1 Å². The third kappa shape index (κ3) is 18.7. The maximum Gasteiger partial charge on any atom is 0.335 e. The minimum Gasteiger partial charge on any atom is -0.479 e. The molecule has 356 valence electrons. The van der Waals surface area contributed by atoms with E-state index in [0.29, 0.717) is 11.5 Å². The van der Waals surface area contributed by atoms with Crippen molar-refractivity contribution in [2.45, 2.75) is 143 Å². The van der Waals surface area contributed by atoms with E-state index in [2.05, 4.69) is 64.4 Å². The minimum absolute atomic E-state index is 0.153. The average molecular weight is 901 g/mol. The number of allylic oxidation sites excluding steroid dienone is 13. The number of aliphatic hydroxyl groups excluding tert-OH is 3. The number of aryl methyl sites for hydroxylation is 2. The molecule has 14 nitrogen and oxygen atoms in total. The Hall–Kier alpha value is -5.12. The molecule has 2 heterocycles. The van der Waals surface area contributed by atoms with Gasteiger partial charge in [-0.25, -0.2) is 14.8 Å². The van der Waals surface area contributed by atoms with Gasteiger partial charge in [0.05, 0.1) is 6.10 Å². The molecule has 9 unspecified atom stereocenters. The zero-order valence-corrected chi connectivity index (χ0v) is 39.4. The average Bonchev–Trinajstić information content (AvgIpc) is 3.57. The van der Waals surface area contributed by atoms with E-state index in [4.69, 9.17) is 9.47 Å². The second-order valence-corrected chi connectivity index (χ2v) is 17.3. The van der Waals surface area contributed by atoms with Gasteiger partial charge in [-0.3, -0.25) is 14.4 Å². The van der Waals surface area contributed by atoms with Crippen LogP contribution in [-0.4, -0.2) is 110 Å². The fourth-order valence-electron chi connectivity index (χ4n) is 7.46. The molecule has 65 heavy (non-hydrogen) atoms. The smallest absolute Gasteiger partial charge is 0.335 e. The van der Waals surface area contributed by atoms with Crippen molar-refractivity contribution in [3.05, 3.63) is 114 Å². The summed E-state index contributed by atoms with van der Waals surface area (Å²) in [7, 11) is 2.03. The van der Waals surface area contributed by atoms with E-state index in [-0.39, 0.29) is 36.2 Å². The number of hydrogen-bond acceptors (Lipinski definition) is 12. The fourth-order valence-corrected chi connectivity index (χ4v) is 7.46. The third-order valence-electron chi connectivity index (χ3n) is 11.2. The number of ether oxygens (including phenoxy) is 2. The molecule has 5 N–H and O–H groups in total. The first-order chi connectivity index (χ1) is 30.9. The number of rotatable bonds is 25. The Morgan fingerprint density at radius 3 is 2.11 bits per heavy atom. The normalized spacial score (nSPS) is 23.5. The molecule has 2 fully saturated rings. The molecule has 0 spiro atoms. The number of nitrogens with one attached hydrogen (secondary N) is 1. The van der Waals surface area contributed by atoms with Crippen molar-refractivity contribution in [2.75, 3.05) is 18.5 Å². The topological polar surface area (TPSA) is 209 Å². The Labute approximate surface area is 385 Å². The predicted octanol–water partition coefficient (Wildman–Crippen LogP) is 6.70. The van der Waals surface area contributed by atoms with Gasteiger partial charge in [0.2, 0.25) is 11.9 Å². The van der Waals surface area contributed by atoms with Gasteiger partial charge in [0.15, 0.2) is 24.0 Å². The van der Waals surface area contributed by atoms with Crippen LogP contribution in [-0.2, 0) is 28.7 Å². The summed E-state index contributed by atoms with van der Waals surface area (Å²) in [5, 5.41) is 43.5. The van der Waals surface area contributed by atoms with E-state index in [1.165, 1.54) is 0 Å². The number of anilines is 1. The number of amides is 1. The summed E-state index contributed by atoms with van der Waals surface area (Å²) in [5.74, 6) is -1.42. The number of carboxylic acid groups (broad SMARTS) is 1. The molecule has 0 aromatic carbocycles. The monoisotopic (exact) mass is 901 g/mol. The van der Waals surface area contributed by atoms with Gasteiger partial charge in [0.1, 0.15) is 24.4 Å². The van der Waals surface area contributed by atoms with Crippen molar-refractivity contribution in [1.29, 1.82) is 0 Å². The van der Waals surface area contributed by atoms with Gasteiger partial charge < -0.3 is 40.1 Å². The second kappa shape index (κ2) is 28.0. The van der Waals surface area contributed by atoms with E-state index >= 15 is 0 Å². The largest absolute Gasteiger partial charge is 0.479 e. The first kappa shape index (κ1) is 54.2. The molecule has 1 saturated carbocycles. The maximum atomic E-state index is 12.4. The molecule has 1 aromatic rings. The van der Waals surface area contributed by atoms with Crippen molar-refractivity contribution >= 4 is 29.4 Å². The van der Waals surface area contributed by atoms with Crippen LogP contribution in [0.15, 0.2) is 102 Å². The molecule has 1 aliphatic heterocycles. The van der Waals surface area contributed by atoms with Gasteiger partial charge in [-0.2, -0.15) is 0 Å². The molecular weight excluding hydrogens is 829 g/mol. The lowest BCUT2D eigenvalue weighted by atomic mass is 9.92. The lowest BCUT2D eigenvalue weighted by Gasteiger charge is -2.40. The number of Topliss-reactive ketones (excluding diaryl/α,β-unsaturated/α-hetero) is 2. The summed E-state index contributed by atoms with van der Waals surface area (Å²) in [5.41, 5.74) is 3.15. The van der Waals surface area contributed by atoms with Crippen LogP contribution in [0.2, 0.25) is 0 Å². The van der Waals surface area contributed by atoms with E-state index in [0.717, 1.165) is 68.0 Å². The highest BCUT2D eigenvalue weighted by Crippen LogP contribution is 2.29. The molecule has 0 bridgehead atoms. The van der Waals surface area contributed by atoms with Crippen molar-refractivity contribution in [3.63, 3.8) is 0 Å². The van der Waals surface area contributed by atoms with Gasteiger partial charge in [-0.05, 0) is 89.7 Å². The summed E-state index contributed by atoms with van der Waals surface area (Å²) in [6, 6.07) is 0.920. The number of nitrogens with zero attached hydrogens (tertiary/aromatic N) is 3. The van der Waals surface area contributed by atoms with Crippen LogP contribution >= 0.6 is 0 Å². The summed E-state index contributed by atoms with van der Waals surface area (Å²) in [6.45, 7) is 14.6. The van der Waals surface area contributed by atoms with E-state index in [1.807, 2.05) is 59.0 Å². The molecule has 9 atom stereocenters. The first-order valence-electron chi connectivity index (χ1n) is 22.7. The quantitative estimate of drug-likeness (QED) is 0.0228. The molecular formula is C51H72N4O10. The van der Waals surface area contributed by atoms with Gasteiger partial charge in [0, 0.05) is 49.3 Å².